The second-order valence-electron chi connectivity index (χ2n) is 5.67. The minimum absolute atomic E-state index is 0.0273. The molecule has 0 radical (unpaired) electrons. The molecular formula is C15H17IN2O3. The summed E-state index contributed by atoms with van der Waals surface area (Å²) in [5, 5.41) is 12.9. The van der Waals surface area contributed by atoms with E-state index in [4.69, 9.17) is 0 Å². The Labute approximate surface area is 136 Å². The second-order valence-corrected chi connectivity index (χ2v) is 6.92. The molecule has 2 saturated heterocycles. The molecule has 2 amide bonds. The molecule has 0 saturated carbocycles. The molecule has 2 heterocycles. The van der Waals surface area contributed by atoms with E-state index in [0.29, 0.717) is 31.0 Å². The van der Waals surface area contributed by atoms with Gasteiger partial charge in [-0.15, -0.1) is 0 Å². The Morgan fingerprint density at radius 2 is 2.19 bits per heavy atom. The number of halogens is 1. The van der Waals surface area contributed by atoms with Gasteiger partial charge in [0.1, 0.15) is 5.75 Å². The lowest BCUT2D eigenvalue weighted by Gasteiger charge is -2.41. The number of fused-ring (bicyclic) bond motifs is 1. The van der Waals surface area contributed by atoms with E-state index in [2.05, 4.69) is 27.9 Å². The van der Waals surface area contributed by atoms with Crippen molar-refractivity contribution < 1.29 is 14.7 Å². The van der Waals surface area contributed by atoms with E-state index in [-0.39, 0.29) is 23.6 Å². The highest BCUT2D eigenvalue weighted by molar-refractivity contribution is 14.1. The van der Waals surface area contributed by atoms with Crippen LogP contribution in [0.4, 0.5) is 0 Å². The van der Waals surface area contributed by atoms with Crippen molar-refractivity contribution in [2.45, 2.75) is 25.3 Å². The Hall–Kier alpha value is -1.31. The summed E-state index contributed by atoms with van der Waals surface area (Å²) in [7, 11) is 0. The average Bonchev–Trinajstić information content (AvgIpc) is 2.48. The van der Waals surface area contributed by atoms with Crippen molar-refractivity contribution in [2.24, 2.45) is 5.92 Å². The molecule has 3 rings (SSSR count). The predicted molar refractivity (Wildman–Crippen MR) is 86.0 cm³/mol. The molecule has 2 N–H and O–H groups in total. The number of nitrogens with zero attached hydrogens (tertiary/aromatic N) is 1. The van der Waals surface area contributed by atoms with Crippen LogP contribution in [0.3, 0.4) is 0 Å². The molecule has 0 aromatic heterocycles. The molecule has 0 aliphatic carbocycles. The van der Waals surface area contributed by atoms with E-state index in [0.717, 1.165) is 16.4 Å². The summed E-state index contributed by atoms with van der Waals surface area (Å²) < 4.78 is 0.925. The van der Waals surface area contributed by atoms with Crippen molar-refractivity contribution in [1.82, 2.24) is 10.2 Å². The SMILES string of the molecule is O=C1CCC2CN(C(=O)c3cc(I)ccc3O)CCC2N1. The summed E-state index contributed by atoms with van der Waals surface area (Å²) in [5.41, 5.74) is 0.361. The number of phenolic OH excluding ortho intramolecular Hbond substituents is 1. The van der Waals surface area contributed by atoms with Crippen LogP contribution in [0.1, 0.15) is 29.6 Å². The van der Waals surface area contributed by atoms with Gasteiger partial charge in [0.2, 0.25) is 5.91 Å². The van der Waals surface area contributed by atoms with Crippen molar-refractivity contribution in [1.29, 1.82) is 0 Å². The molecule has 0 bridgehead atoms. The van der Waals surface area contributed by atoms with Gasteiger partial charge in [-0.25, -0.2) is 0 Å². The van der Waals surface area contributed by atoms with E-state index in [1.807, 2.05) is 0 Å². The fourth-order valence-electron chi connectivity index (χ4n) is 3.14. The fraction of sp³-hybridized carbons (Fsp3) is 0.467. The number of amides is 2. The Morgan fingerprint density at radius 3 is 3.00 bits per heavy atom. The van der Waals surface area contributed by atoms with Crippen molar-refractivity contribution in [3.05, 3.63) is 27.3 Å². The zero-order valence-corrected chi connectivity index (χ0v) is 13.7. The predicted octanol–water partition coefficient (Wildman–Crippen LogP) is 1.74. The minimum atomic E-state index is -0.124. The van der Waals surface area contributed by atoms with E-state index >= 15 is 0 Å². The average molecular weight is 400 g/mol. The Morgan fingerprint density at radius 1 is 1.38 bits per heavy atom. The molecule has 6 heteroatoms. The molecule has 2 aliphatic rings. The number of likely N-dealkylation sites (tertiary alicyclic amines) is 1. The number of piperidine rings is 2. The molecule has 0 spiro atoms. The lowest BCUT2D eigenvalue weighted by atomic mass is 9.85. The van der Waals surface area contributed by atoms with Gasteiger partial charge in [0.05, 0.1) is 5.56 Å². The second kappa shape index (κ2) is 5.82. The Kier molecular flexibility index (Phi) is 4.05. The summed E-state index contributed by atoms with van der Waals surface area (Å²) in [6, 6.07) is 5.24. The van der Waals surface area contributed by atoms with Gasteiger partial charge >= 0.3 is 0 Å². The molecule has 2 atom stereocenters. The van der Waals surface area contributed by atoms with Crippen LogP contribution in [0.2, 0.25) is 0 Å². The number of carbonyl (C=O) groups is 2. The van der Waals surface area contributed by atoms with Crippen molar-refractivity contribution in [2.75, 3.05) is 13.1 Å². The molecular weight excluding hydrogens is 383 g/mol. The maximum Gasteiger partial charge on any atom is 0.257 e. The fourth-order valence-corrected chi connectivity index (χ4v) is 3.64. The van der Waals surface area contributed by atoms with Gasteiger partial charge in [0, 0.05) is 29.1 Å². The molecule has 2 unspecified atom stereocenters. The normalized spacial score (nSPS) is 25.2. The molecule has 5 nitrogen and oxygen atoms in total. The highest BCUT2D eigenvalue weighted by Gasteiger charge is 2.35. The molecule has 1 aromatic carbocycles. The van der Waals surface area contributed by atoms with E-state index < -0.39 is 0 Å². The summed E-state index contributed by atoms with van der Waals surface area (Å²) >= 11 is 2.13. The summed E-state index contributed by atoms with van der Waals surface area (Å²) in [4.78, 5) is 25.8. The van der Waals surface area contributed by atoms with Crippen LogP contribution in [-0.2, 0) is 4.79 Å². The van der Waals surface area contributed by atoms with Crippen LogP contribution in [0.5, 0.6) is 5.75 Å². The van der Waals surface area contributed by atoms with E-state index in [1.165, 1.54) is 0 Å². The smallest absolute Gasteiger partial charge is 0.257 e. The van der Waals surface area contributed by atoms with Crippen LogP contribution < -0.4 is 5.32 Å². The number of hydrogen-bond acceptors (Lipinski definition) is 3. The maximum absolute atomic E-state index is 12.6. The minimum Gasteiger partial charge on any atom is -0.507 e. The molecule has 21 heavy (non-hydrogen) atoms. The van der Waals surface area contributed by atoms with Gasteiger partial charge in [-0.3, -0.25) is 9.59 Å². The lowest BCUT2D eigenvalue weighted by Crippen LogP contribution is -2.55. The Balaban J connectivity index is 1.74. The third kappa shape index (κ3) is 3.00. The first kappa shape index (κ1) is 14.6. The molecule has 112 valence electrons. The van der Waals surface area contributed by atoms with Crippen molar-refractivity contribution in [3.63, 3.8) is 0 Å². The van der Waals surface area contributed by atoms with Crippen LogP contribution in [0.15, 0.2) is 18.2 Å². The number of nitrogens with one attached hydrogen (secondary N) is 1. The Bertz CT molecular complexity index is 590. The largest absolute Gasteiger partial charge is 0.507 e. The summed E-state index contributed by atoms with van der Waals surface area (Å²) in [6.07, 6.45) is 2.16. The quantitative estimate of drug-likeness (QED) is 0.706. The van der Waals surface area contributed by atoms with Crippen molar-refractivity contribution in [3.8, 4) is 5.75 Å². The third-order valence-electron chi connectivity index (χ3n) is 4.30. The van der Waals surface area contributed by atoms with Gasteiger partial charge in [0.25, 0.3) is 5.91 Å². The topological polar surface area (TPSA) is 69.6 Å². The van der Waals surface area contributed by atoms with Crippen LogP contribution in [-0.4, -0.2) is 41.0 Å². The number of aromatic hydroxyl groups is 1. The zero-order chi connectivity index (χ0) is 15.0. The number of carbonyl (C=O) groups excluding carboxylic acids is 2. The lowest BCUT2D eigenvalue weighted by molar-refractivity contribution is -0.125. The standard InChI is InChI=1S/C15H17IN2O3/c16-10-2-3-13(19)11(7-10)15(21)18-6-5-12-9(8-18)1-4-14(20)17-12/h2-3,7,9,12,19H,1,4-6,8H2,(H,17,20). The van der Waals surface area contributed by atoms with Crippen LogP contribution in [0, 0.1) is 9.49 Å². The summed E-state index contributed by atoms with van der Waals surface area (Å²) in [5.74, 6) is 0.345. The van der Waals surface area contributed by atoms with Gasteiger partial charge in [-0.2, -0.15) is 0 Å². The first-order valence-corrected chi connectivity index (χ1v) is 8.19. The highest BCUT2D eigenvalue weighted by atomic mass is 127. The van der Waals surface area contributed by atoms with E-state index in [1.54, 1.807) is 23.1 Å². The van der Waals surface area contributed by atoms with E-state index in [9.17, 15) is 14.7 Å². The first-order valence-electron chi connectivity index (χ1n) is 7.12. The molecule has 2 fully saturated rings. The van der Waals surface area contributed by atoms with Gasteiger partial charge in [0.15, 0.2) is 0 Å². The number of benzene rings is 1. The molecule has 1 aromatic rings. The van der Waals surface area contributed by atoms with Crippen LogP contribution >= 0.6 is 22.6 Å². The highest BCUT2D eigenvalue weighted by Crippen LogP contribution is 2.28. The number of hydrogen-bond donors (Lipinski definition) is 2. The summed E-state index contributed by atoms with van der Waals surface area (Å²) in [6.45, 7) is 1.26. The number of rotatable bonds is 1. The molecule has 2 aliphatic heterocycles. The first-order chi connectivity index (χ1) is 10.0. The monoisotopic (exact) mass is 400 g/mol. The number of phenols is 1. The van der Waals surface area contributed by atoms with Gasteiger partial charge < -0.3 is 15.3 Å². The van der Waals surface area contributed by atoms with Crippen LogP contribution in [0.25, 0.3) is 0 Å². The van der Waals surface area contributed by atoms with Gasteiger partial charge in [-0.1, -0.05) is 0 Å². The van der Waals surface area contributed by atoms with Crippen molar-refractivity contribution >= 4 is 34.4 Å². The zero-order valence-electron chi connectivity index (χ0n) is 11.5. The van der Waals surface area contributed by atoms with Gasteiger partial charge in [-0.05, 0) is 59.5 Å². The third-order valence-corrected chi connectivity index (χ3v) is 4.97. The maximum atomic E-state index is 12.6.